The van der Waals surface area contributed by atoms with Crippen LogP contribution in [0.15, 0.2) is 24.3 Å². The first-order chi connectivity index (χ1) is 11.9. The highest BCUT2D eigenvalue weighted by Gasteiger charge is 2.36. The molecule has 140 valence electrons. The molecule has 1 rings (SSSR count). The van der Waals surface area contributed by atoms with E-state index in [0.717, 1.165) is 19.3 Å². The summed E-state index contributed by atoms with van der Waals surface area (Å²) in [4.78, 5) is 0. The predicted molar refractivity (Wildman–Crippen MR) is 108 cm³/mol. The number of unbranched alkanes of at least 4 members (excludes halogenated alkanes) is 10. The Morgan fingerprint density at radius 2 is 1.21 bits per heavy atom. The fourth-order valence-corrected chi connectivity index (χ4v) is 3.32. The third-order valence-corrected chi connectivity index (χ3v) is 4.99. The molecule has 1 saturated heterocycles. The second-order valence-corrected chi connectivity index (χ2v) is 7.36. The van der Waals surface area contributed by atoms with E-state index in [1.807, 2.05) is 0 Å². The standard InChI is InChI=1S/C23H42O/c1-3-5-7-9-11-12-13-14-15-17-19-21-23-22(24-23)20-18-16-10-8-6-4-2/h6,8,16,18,22-23H,3-5,7,9-15,17,19-21H2,1-2H3/b8-6-,18-16-/t22-,23-/m1/s1. The van der Waals surface area contributed by atoms with E-state index in [1.54, 1.807) is 0 Å². The number of allylic oxidation sites excluding steroid dienone is 3. The van der Waals surface area contributed by atoms with Crippen molar-refractivity contribution in [2.45, 2.75) is 122 Å². The number of epoxide rings is 1. The molecular formula is C23H42O. The molecule has 1 nitrogen and oxygen atoms in total. The molecule has 0 saturated carbocycles. The molecule has 0 unspecified atom stereocenters. The molecule has 0 bridgehead atoms. The van der Waals surface area contributed by atoms with Crippen LogP contribution in [0.1, 0.15) is 110 Å². The van der Waals surface area contributed by atoms with Crippen molar-refractivity contribution in [1.82, 2.24) is 0 Å². The predicted octanol–water partition coefficient (Wildman–Crippen LogP) is 7.76. The summed E-state index contributed by atoms with van der Waals surface area (Å²) in [5.74, 6) is 0. The van der Waals surface area contributed by atoms with Crippen LogP contribution in [0.4, 0.5) is 0 Å². The molecular weight excluding hydrogens is 292 g/mol. The van der Waals surface area contributed by atoms with Crippen molar-refractivity contribution in [3.8, 4) is 0 Å². The van der Waals surface area contributed by atoms with E-state index in [9.17, 15) is 0 Å². The highest BCUT2D eigenvalue weighted by molar-refractivity contribution is 4.97. The minimum Gasteiger partial charge on any atom is -0.369 e. The maximum Gasteiger partial charge on any atom is 0.0876 e. The molecule has 0 aromatic carbocycles. The molecule has 1 aliphatic heterocycles. The highest BCUT2D eigenvalue weighted by Crippen LogP contribution is 2.30. The summed E-state index contributed by atoms with van der Waals surface area (Å²) in [5, 5.41) is 0. The van der Waals surface area contributed by atoms with Gasteiger partial charge in [-0.2, -0.15) is 0 Å². The molecule has 0 amide bonds. The van der Waals surface area contributed by atoms with E-state index in [4.69, 9.17) is 4.74 Å². The van der Waals surface area contributed by atoms with Crippen LogP contribution in [-0.2, 0) is 4.74 Å². The minimum atomic E-state index is 0.527. The van der Waals surface area contributed by atoms with Crippen LogP contribution in [0, 0.1) is 0 Å². The molecule has 1 heteroatoms. The van der Waals surface area contributed by atoms with Crippen molar-refractivity contribution >= 4 is 0 Å². The first-order valence-electron chi connectivity index (χ1n) is 10.8. The van der Waals surface area contributed by atoms with Gasteiger partial charge in [0, 0.05) is 0 Å². The lowest BCUT2D eigenvalue weighted by Gasteiger charge is -2.02. The van der Waals surface area contributed by atoms with Crippen LogP contribution >= 0.6 is 0 Å². The molecule has 1 fully saturated rings. The Labute approximate surface area is 151 Å². The summed E-state index contributed by atoms with van der Waals surface area (Å²) >= 11 is 0. The van der Waals surface area contributed by atoms with Gasteiger partial charge in [-0.15, -0.1) is 0 Å². The van der Waals surface area contributed by atoms with Crippen LogP contribution in [0.3, 0.4) is 0 Å². The smallest absolute Gasteiger partial charge is 0.0876 e. The third-order valence-electron chi connectivity index (χ3n) is 4.99. The molecule has 2 atom stereocenters. The molecule has 0 radical (unpaired) electrons. The quantitative estimate of drug-likeness (QED) is 0.150. The second kappa shape index (κ2) is 15.9. The molecule has 1 aliphatic rings. The normalized spacial score (nSPS) is 20.4. The van der Waals surface area contributed by atoms with E-state index in [-0.39, 0.29) is 0 Å². The Hall–Kier alpha value is -0.560. The van der Waals surface area contributed by atoms with Crippen molar-refractivity contribution in [1.29, 1.82) is 0 Å². The van der Waals surface area contributed by atoms with Crippen LogP contribution in [-0.4, -0.2) is 12.2 Å². The minimum absolute atomic E-state index is 0.527. The lowest BCUT2D eigenvalue weighted by molar-refractivity contribution is 0.358. The van der Waals surface area contributed by atoms with Gasteiger partial charge >= 0.3 is 0 Å². The third kappa shape index (κ3) is 12.8. The van der Waals surface area contributed by atoms with Crippen LogP contribution in [0.25, 0.3) is 0 Å². The summed E-state index contributed by atoms with van der Waals surface area (Å²) in [6, 6.07) is 0. The van der Waals surface area contributed by atoms with E-state index in [1.165, 1.54) is 77.0 Å². The van der Waals surface area contributed by atoms with Gasteiger partial charge in [-0.1, -0.05) is 109 Å². The Balaban J connectivity index is 1.77. The summed E-state index contributed by atoms with van der Waals surface area (Å²) in [6.45, 7) is 4.47. The SMILES string of the molecule is CC/C=C\C/C=C\C[C@H]1O[C@@H]1CCCCCCCCCCCCC. The van der Waals surface area contributed by atoms with Crippen LogP contribution in [0.5, 0.6) is 0 Å². The van der Waals surface area contributed by atoms with Gasteiger partial charge in [-0.3, -0.25) is 0 Å². The van der Waals surface area contributed by atoms with Crippen LogP contribution < -0.4 is 0 Å². The first-order valence-corrected chi connectivity index (χ1v) is 10.8. The Morgan fingerprint density at radius 1 is 0.625 bits per heavy atom. The fraction of sp³-hybridized carbons (Fsp3) is 0.826. The Kier molecular flexibility index (Phi) is 14.3. The molecule has 0 aliphatic carbocycles. The highest BCUT2D eigenvalue weighted by atomic mass is 16.6. The molecule has 0 aromatic heterocycles. The van der Waals surface area contributed by atoms with Gasteiger partial charge in [0.2, 0.25) is 0 Å². The zero-order valence-electron chi connectivity index (χ0n) is 16.5. The van der Waals surface area contributed by atoms with Gasteiger partial charge in [0.05, 0.1) is 12.2 Å². The molecule has 24 heavy (non-hydrogen) atoms. The van der Waals surface area contributed by atoms with Crippen molar-refractivity contribution in [3.05, 3.63) is 24.3 Å². The number of ether oxygens (including phenoxy) is 1. The topological polar surface area (TPSA) is 12.5 Å². The van der Waals surface area contributed by atoms with Crippen molar-refractivity contribution in [2.24, 2.45) is 0 Å². The second-order valence-electron chi connectivity index (χ2n) is 7.36. The fourth-order valence-electron chi connectivity index (χ4n) is 3.32. The van der Waals surface area contributed by atoms with E-state index >= 15 is 0 Å². The molecule has 0 N–H and O–H groups in total. The van der Waals surface area contributed by atoms with Gasteiger partial charge in [0.15, 0.2) is 0 Å². The van der Waals surface area contributed by atoms with E-state index in [2.05, 4.69) is 38.2 Å². The van der Waals surface area contributed by atoms with Crippen molar-refractivity contribution in [2.75, 3.05) is 0 Å². The largest absolute Gasteiger partial charge is 0.369 e. The Morgan fingerprint density at radius 3 is 1.83 bits per heavy atom. The van der Waals surface area contributed by atoms with Gasteiger partial charge in [-0.05, 0) is 25.7 Å². The maximum atomic E-state index is 5.77. The van der Waals surface area contributed by atoms with Gasteiger partial charge in [0.25, 0.3) is 0 Å². The zero-order chi connectivity index (χ0) is 17.3. The van der Waals surface area contributed by atoms with Gasteiger partial charge in [-0.25, -0.2) is 0 Å². The van der Waals surface area contributed by atoms with Gasteiger partial charge < -0.3 is 4.74 Å². The molecule has 0 aromatic rings. The summed E-state index contributed by atoms with van der Waals surface area (Å²) < 4.78 is 5.77. The van der Waals surface area contributed by atoms with Crippen LogP contribution in [0.2, 0.25) is 0 Å². The Bertz CT molecular complexity index is 318. The maximum absolute atomic E-state index is 5.77. The van der Waals surface area contributed by atoms with E-state index < -0.39 is 0 Å². The number of hydrogen-bond acceptors (Lipinski definition) is 1. The average molecular weight is 335 g/mol. The van der Waals surface area contributed by atoms with Crippen molar-refractivity contribution < 1.29 is 4.74 Å². The lowest BCUT2D eigenvalue weighted by Crippen LogP contribution is -1.93. The number of hydrogen-bond donors (Lipinski definition) is 0. The molecule has 0 spiro atoms. The monoisotopic (exact) mass is 334 g/mol. The van der Waals surface area contributed by atoms with Gasteiger partial charge in [0.1, 0.15) is 0 Å². The average Bonchev–Trinajstić information content (AvgIpc) is 3.34. The summed E-state index contributed by atoms with van der Waals surface area (Å²) in [6.07, 6.45) is 30.4. The summed E-state index contributed by atoms with van der Waals surface area (Å²) in [7, 11) is 0. The number of rotatable bonds is 17. The van der Waals surface area contributed by atoms with E-state index in [0.29, 0.717) is 12.2 Å². The lowest BCUT2D eigenvalue weighted by atomic mass is 10.0. The molecule has 1 heterocycles. The first kappa shape index (κ1) is 21.5. The zero-order valence-corrected chi connectivity index (χ0v) is 16.5. The summed E-state index contributed by atoms with van der Waals surface area (Å²) in [5.41, 5.74) is 0. The van der Waals surface area contributed by atoms with Crippen molar-refractivity contribution in [3.63, 3.8) is 0 Å².